The minimum absolute atomic E-state index is 0.0455. The SMILES string of the molecule is Cc1cc(S(=O)(=O)NC2CCCCC2C)c(C)cc1Cl. The van der Waals surface area contributed by atoms with Crippen LogP contribution in [0.1, 0.15) is 43.7 Å². The molecule has 0 aliphatic heterocycles. The molecule has 1 aromatic carbocycles. The monoisotopic (exact) mass is 315 g/mol. The maximum Gasteiger partial charge on any atom is 0.241 e. The molecule has 1 aliphatic rings. The van der Waals surface area contributed by atoms with Crippen molar-refractivity contribution in [2.45, 2.75) is 57.4 Å². The van der Waals surface area contributed by atoms with Crippen molar-refractivity contribution in [1.82, 2.24) is 4.72 Å². The van der Waals surface area contributed by atoms with E-state index in [1.54, 1.807) is 19.1 Å². The van der Waals surface area contributed by atoms with Gasteiger partial charge in [-0.2, -0.15) is 0 Å². The maximum atomic E-state index is 12.6. The lowest BCUT2D eigenvalue weighted by atomic mass is 9.87. The van der Waals surface area contributed by atoms with Crippen molar-refractivity contribution in [2.75, 3.05) is 0 Å². The van der Waals surface area contributed by atoms with E-state index in [0.717, 1.165) is 24.8 Å². The maximum absolute atomic E-state index is 12.6. The Kier molecular flexibility index (Phi) is 4.77. The zero-order valence-electron chi connectivity index (χ0n) is 12.2. The number of hydrogen-bond donors (Lipinski definition) is 1. The molecular weight excluding hydrogens is 294 g/mol. The summed E-state index contributed by atoms with van der Waals surface area (Å²) in [7, 11) is -3.47. The zero-order chi connectivity index (χ0) is 14.9. The van der Waals surface area contributed by atoms with E-state index in [1.165, 1.54) is 6.42 Å². The summed E-state index contributed by atoms with van der Waals surface area (Å²) in [5.41, 5.74) is 1.48. The topological polar surface area (TPSA) is 46.2 Å². The summed E-state index contributed by atoms with van der Waals surface area (Å²) in [4.78, 5) is 0.345. The minimum atomic E-state index is -3.47. The van der Waals surface area contributed by atoms with E-state index in [4.69, 9.17) is 11.6 Å². The summed E-state index contributed by atoms with van der Waals surface area (Å²) in [6.07, 6.45) is 4.30. The first-order valence-electron chi connectivity index (χ1n) is 7.10. The van der Waals surface area contributed by atoms with Gasteiger partial charge in [0.1, 0.15) is 0 Å². The lowest BCUT2D eigenvalue weighted by Gasteiger charge is -2.29. The van der Waals surface area contributed by atoms with Gasteiger partial charge in [0, 0.05) is 11.1 Å². The highest BCUT2D eigenvalue weighted by molar-refractivity contribution is 7.89. The third-order valence-electron chi connectivity index (χ3n) is 4.16. The first-order chi connectivity index (χ1) is 9.31. The standard InChI is InChI=1S/C15H22ClNO2S/c1-10-6-4-5-7-14(10)17-20(18,19)15-9-11(2)13(16)8-12(15)3/h8-10,14,17H,4-7H2,1-3H3. The van der Waals surface area contributed by atoms with Crippen LogP contribution in [-0.2, 0) is 10.0 Å². The summed E-state index contributed by atoms with van der Waals surface area (Å²) in [6.45, 7) is 5.72. The first kappa shape index (κ1) is 15.8. The van der Waals surface area contributed by atoms with Crippen molar-refractivity contribution in [2.24, 2.45) is 5.92 Å². The van der Waals surface area contributed by atoms with E-state index < -0.39 is 10.0 Å². The second-order valence-electron chi connectivity index (χ2n) is 5.86. The number of hydrogen-bond acceptors (Lipinski definition) is 2. The van der Waals surface area contributed by atoms with Crippen molar-refractivity contribution in [3.8, 4) is 0 Å². The molecular formula is C15H22ClNO2S. The van der Waals surface area contributed by atoms with Crippen LogP contribution in [0.2, 0.25) is 5.02 Å². The normalized spacial score (nSPS) is 23.8. The Bertz CT molecular complexity index is 598. The average molecular weight is 316 g/mol. The first-order valence-corrected chi connectivity index (χ1v) is 8.96. The molecule has 0 spiro atoms. The van der Waals surface area contributed by atoms with E-state index in [0.29, 0.717) is 21.4 Å². The van der Waals surface area contributed by atoms with Crippen molar-refractivity contribution in [3.05, 3.63) is 28.3 Å². The van der Waals surface area contributed by atoms with Gasteiger partial charge in [0.15, 0.2) is 0 Å². The highest BCUT2D eigenvalue weighted by atomic mass is 35.5. The third-order valence-corrected chi connectivity index (χ3v) is 6.20. The van der Waals surface area contributed by atoms with Gasteiger partial charge in [-0.15, -0.1) is 0 Å². The van der Waals surface area contributed by atoms with Gasteiger partial charge in [-0.25, -0.2) is 13.1 Å². The number of rotatable bonds is 3. The van der Waals surface area contributed by atoms with E-state index in [2.05, 4.69) is 11.6 Å². The minimum Gasteiger partial charge on any atom is -0.208 e. The highest BCUT2D eigenvalue weighted by Gasteiger charge is 2.27. The van der Waals surface area contributed by atoms with Crippen LogP contribution in [0.4, 0.5) is 0 Å². The van der Waals surface area contributed by atoms with Crippen molar-refractivity contribution in [1.29, 1.82) is 0 Å². The molecule has 1 fully saturated rings. The predicted octanol–water partition coefficient (Wildman–Crippen LogP) is 3.81. The van der Waals surface area contributed by atoms with E-state index in [1.807, 2.05) is 6.92 Å². The molecule has 0 amide bonds. The van der Waals surface area contributed by atoms with Crippen LogP contribution < -0.4 is 4.72 Å². The summed E-state index contributed by atoms with van der Waals surface area (Å²) in [5.74, 6) is 0.396. The lowest BCUT2D eigenvalue weighted by molar-refractivity contribution is 0.310. The largest absolute Gasteiger partial charge is 0.241 e. The quantitative estimate of drug-likeness (QED) is 0.921. The fraction of sp³-hybridized carbons (Fsp3) is 0.600. The molecule has 0 aromatic heterocycles. The second-order valence-corrected chi connectivity index (χ2v) is 7.95. The van der Waals surface area contributed by atoms with Crippen LogP contribution in [0.15, 0.2) is 17.0 Å². The van der Waals surface area contributed by atoms with Gasteiger partial charge in [-0.05, 0) is 55.9 Å². The summed E-state index contributed by atoms with van der Waals surface area (Å²) >= 11 is 6.04. The van der Waals surface area contributed by atoms with Gasteiger partial charge < -0.3 is 0 Å². The molecule has 0 bridgehead atoms. The van der Waals surface area contributed by atoms with Crippen LogP contribution in [-0.4, -0.2) is 14.5 Å². The molecule has 3 nitrogen and oxygen atoms in total. The molecule has 2 rings (SSSR count). The summed E-state index contributed by atoms with van der Waals surface area (Å²) in [6, 6.07) is 3.42. The third kappa shape index (κ3) is 3.35. The van der Waals surface area contributed by atoms with Crippen molar-refractivity contribution < 1.29 is 8.42 Å². The average Bonchev–Trinajstić information content (AvgIpc) is 2.36. The molecule has 20 heavy (non-hydrogen) atoms. The van der Waals surface area contributed by atoms with Gasteiger partial charge in [-0.1, -0.05) is 31.4 Å². The molecule has 0 heterocycles. The predicted molar refractivity (Wildman–Crippen MR) is 82.7 cm³/mol. The number of halogens is 1. The number of sulfonamides is 1. The van der Waals surface area contributed by atoms with Crippen LogP contribution in [0.3, 0.4) is 0 Å². The Balaban J connectivity index is 2.28. The molecule has 2 unspecified atom stereocenters. The molecule has 1 aliphatic carbocycles. The van der Waals surface area contributed by atoms with Crippen LogP contribution in [0, 0.1) is 19.8 Å². The van der Waals surface area contributed by atoms with Gasteiger partial charge in [-0.3, -0.25) is 0 Å². The fourth-order valence-electron chi connectivity index (χ4n) is 2.80. The number of aryl methyl sites for hydroxylation is 2. The highest BCUT2D eigenvalue weighted by Crippen LogP contribution is 2.27. The summed E-state index contributed by atoms with van der Waals surface area (Å²) < 4.78 is 28.0. The molecule has 1 N–H and O–H groups in total. The van der Waals surface area contributed by atoms with Gasteiger partial charge in [0.05, 0.1) is 4.90 Å². The second kappa shape index (κ2) is 6.04. The van der Waals surface area contributed by atoms with E-state index in [9.17, 15) is 8.42 Å². The fourth-order valence-corrected chi connectivity index (χ4v) is 4.71. The van der Waals surface area contributed by atoms with Gasteiger partial charge in [0.25, 0.3) is 0 Å². The lowest BCUT2D eigenvalue weighted by Crippen LogP contribution is -2.41. The van der Waals surface area contributed by atoms with Crippen LogP contribution in [0.5, 0.6) is 0 Å². The Morgan fingerprint density at radius 3 is 2.45 bits per heavy atom. The zero-order valence-corrected chi connectivity index (χ0v) is 13.8. The number of nitrogens with one attached hydrogen (secondary N) is 1. The van der Waals surface area contributed by atoms with Crippen molar-refractivity contribution >= 4 is 21.6 Å². The molecule has 1 aromatic rings. The Morgan fingerprint density at radius 2 is 1.80 bits per heavy atom. The molecule has 5 heteroatoms. The number of benzene rings is 1. The molecule has 112 valence electrons. The molecule has 2 atom stereocenters. The van der Waals surface area contributed by atoms with Gasteiger partial charge in [0.2, 0.25) is 10.0 Å². The van der Waals surface area contributed by atoms with E-state index in [-0.39, 0.29) is 6.04 Å². The molecule has 0 radical (unpaired) electrons. The van der Waals surface area contributed by atoms with Crippen molar-refractivity contribution in [3.63, 3.8) is 0 Å². The molecule has 1 saturated carbocycles. The molecule has 0 saturated heterocycles. The smallest absolute Gasteiger partial charge is 0.208 e. The Hall–Kier alpha value is -0.580. The Labute approximate surface area is 126 Å². The van der Waals surface area contributed by atoms with Gasteiger partial charge >= 0.3 is 0 Å². The van der Waals surface area contributed by atoms with E-state index >= 15 is 0 Å². The van der Waals surface area contributed by atoms with Crippen LogP contribution in [0.25, 0.3) is 0 Å². The Morgan fingerprint density at radius 1 is 1.15 bits per heavy atom. The van der Waals surface area contributed by atoms with Crippen LogP contribution >= 0.6 is 11.6 Å². The summed E-state index contributed by atoms with van der Waals surface area (Å²) in [5, 5.41) is 0.604.